The highest BCUT2D eigenvalue weighted by molar-refractivity contribution is 7.11. The first kappa shape index (κ1) is 15.9. The molecule has 1 aromatic heterocycles. The van der Waals surface area contributed by atoms with E-state index in [0.717, 1.165) is 41.4 Å². The van der Waals surface area contributed by atoms with Crippen molar-refractivity contribution < 1.29 is 14.6 Å². The van der Waals surface area contributed by atoms with Crippen LogP contribution in [-0.4, -0.2) is 52.3 Å². The number of carbonyl (C=O) groups is 1. The van der Waals surface area contributed by atoms with Crippen LogP contribution in [0.25, 0.3) is 0 Å². The number of aliphatic hydroxyl groups is 1. The van der Waals surface area contributed by atoms with Gasteiger partial charge < -0.3 is 14.7 Å². The quantitative estimate of drug-likeness (QED) is 0.921. The van der Waals surface area contributed by atoms with Gasteiger partial charge in [-0.15, -0.1) is 11.3 Å². The molecule has 3 atom stereocenters. The molecule has 22 heavy (non-hydrogen) atoms. The van der Waals surface area contributed by atoms with Gasteiger partial charge in [-0.05, 0) is 39.5 Å². The number of fused-ring (bicyclic) bond motifs is 1. The van der Waals surface area contributed by atoms with Crippen molar-refractivity contribution in [2.24, 2.45) is 0 Å². The first-order valence-corrected chi connectivity index (χ1v) is 8.72. The highest BCUT2D eigenvalue weighted by atomic mass is 32.1. The number of ether oxygens (including phenoxy) is 1. The molecule has 1 amide bonds. The number of carbonyl (C=O) groups excluding carboxylic acids is 1. The van der Waals surface area contributed by atoms with Crippen molar-refractivity contribution in [3.05, 3.63) is 15.6 Å². The summed E-state index contributed by atoms with van der Waals surface area (Å²) in [7, 11) is 1.73. The third-order valence-electron chi connectivity index (χ3n) is 5.19. The maximum absolute atomic E-state index is 12.8. The number of aryl methyl sites for hydroxylation is 2. The summed E-state index contributed by atoms with van der Waals surface area (Å²) in [6.07, 6.45) is 3.17. The van der Waals surface area contributed by atoms with Gasteiger partial charge in [-0.3, -0.25) is 4.79 Å². The Hall–Kier alpha value is -0.980. The van der Waals surface area contributed by atoms with E-state index in [1.165, 1.54) is 0 Å². The number of amides is 1. The van der Waals surface area contributed by atoms with Crippen LogP contribution in [-0.2, 0) is 16.0 Å². The molecule has 0 bridgehead atoms. The van der Waals surface area contributed by atoms with Crippen molar-refractivity contribution in [3.63, 3.8) is 0 Å². The molecule has 1 saturated heterocycles. The summed E-state index contributed by atoms with van der Waals surface area (Å²) in [5, 5.41) is 11.0. The minimum absolute atomic E-state index is 0.00285. The van der Waals surface area contributed by atoms with Crippen LogP contribution in [0.4, 0.5) is 0 Å². The minimum Gasteiger partial charge on any atom is -0.393 e. The van der Waals surface area contributed by atoms with Gasteiger partial charge in [0.1, 0.15) is 0 Å². The number of hydrogen-bond donors (Lipinski definition) is 1. The maximum atomic E-state index is 12.8. The molecular weight excluding hydrogens is 300 g/mol. The van der Waals surface area contributed by atoms with E-state index in [1.54, 1.807) is 18.4 Å². The maximum Gasteiger partial charge on any atom is 0.228 e. The molecule has 2 fully saturated rings. The lowest BCUT2D eigenvalue weighted by atomic mass is 9.79. The average molecular weight is 324 g/mol. The second-order valence-electron chi connectivity index (χ2n) is 6.47. The van der Waals surface area contributed by atoms with Crippen molar-refractivity contribution in [3.8, 4) is 0 Å². The number of rotatable bonds is 3. The second-order valence-corrected chi connectivity index (χ2v) is 7.76. The molecule has 3 rings (SSSR count). The van der Waals surface area contributed by atoms with Crippen LogP contribution in [0.2, 0.25) is 0 Å². The summed E-state index contributed by atoms with van der Waals surface area (Å²) in [6.45, 7) is 4.65. The van der Waals surface area contributed by atoms with Crippen LogP contribution in [0.1, 0.15) is 41.3 Å². The van der Waals surface area contributed by atoms with Gasteiger partial charge in [-0.2, -0.15) is 0 Å². The zero-order valence-corrected chi connectivity index (χ0v) is 14.3. The molecule has 2 heterocycles. The van der Waals surface area contributed by atoms with Crippen LogP contribution in [0, 0.1) is 13.8 Å². The molecule has 0 aromatic carbocycles. The number of nitrogens with zero attached hydrogens (tertiary/aromatic N) is 2. The number of methoxy groups -OCH3 is 1. The topological polar surface area (TPSA) is 62.7 Å². The van der Waals surface area contributed by atoms with E-state index >= 15 is 0 Å². The molecule has 0 spiro atoms. The zero-order valence-electron chi connectivity index (χ0n) is 13.5. The zero-order chi connectivity index (χ0) is 15.9. The van der Waals surface area contributed by atoms with Crippen molar-refractivity contribution in [1.82, 2.24) is 9.88 Å². The van der Waals surface area contributed by atoms with Gasteiger partial charge in [0, 0.05) is 18.5 Å². The molecule has 1 aliphatic heterocycles. The molecule has 5 nitrogen and oxygen atoms in total. The summed E-state index contributed by atoms with van der Waals surface area (Å²) in [4.78, 5) is 20.1. The number of hydrogen-bond acceptors (Lipinski definition) is 5. The van der Waals surface area contributed by atoms with Crippen molar-refractivity contribution in [1.29, 1.82) is 0 Å². The van der Waals surface area contributed by atoms with E-state index in [4.69, 9.17) is 4.74 Å². The molecule has 6 heteroatoms. The summed E-state index contributed by atoms with van der Waals surface area (Å²) in [5.74, 6) is 0.129. The predicted molar refractivity (Wildman–Crippen MR) is 85.0 cm³/mol. The largest absolute Gasteiger partial charge is 0.393 e. The van der Waals surface area contributed by atoms with Gasteiger partial charge in [0.25, 0.3) is 0 Å². The van der Waals surface area contributed by atoms with E-state index in [2.05, 4.69) is 4.98 Å². The number of aromatic nitrogens is 1. The minimum atomic E-state index is -0.325. The molecule has 0 unspecified atom stereocenters. The number of aliphatic hydroxyl groups excluding tert-OH is 1. The monoisotopic (exact) mass is 324 g/mol. The van der Waals surface area contributed by atoms with E-state index in [0.29, 0.717) is 12.8 Å². The van der Waals surface area contributed by atoms with Gasteiger partial charge >= 0.3 is 0 Å². The molecule has 0 radical (unpaired) electrons. The molecule has 122 valence electrons. The summed E-state index contributed by atoms with van der Waals surface area (Å²) >= 11 is 1.60. The first-order chi connectivity index (χ1) is 10.4. The van der Waals surface area contributed by atoms with E-state index in [9.17, 15) is 9.90 Å². The fourth-order valence-electron chi connectivity index (χ4n) is 3.95. The number of likely N-dealkylation sites (tertiary alicyclic amines) is 1. The van der Waals surface area contributed by atoms with Gasteiger partial charge in [0.2, 0.25) is 5.91 Å². The van der Waals surface area contributed by atoms with Gasteiger partial charge in [-0.25, -0.2) is 4.98 Å². The van der Waals surface area contributed by atoms with Gasteiger partial charge in [0.15, 0.2) is 0 Å². The Kier molecular flexibility index (Phi) is 4.27. The first-order valence-electron chi connectivity index (χ1n) is 7.91. The van der Waals surface area contributed by atoms with Crippen molar-refractivity contribution >= 4 is 17.2 Å². The van der Waals surface area contributed by atoms with Crippen LogP contribution in [0.15, 0.2) is 0 Å². The second kappa shape index (κ2) is 5.91. The van der Waals surface area contributed by atoms with E-state index in [1.807, 2.05) is 18.7 Å². The smallest absolute Gasteiger partial charge is 0.228 e. The molecule has 1 aliphatic carbocycles. The van der Waals surface area contributed by atoms with E-state index < -0.39 is 0 Å². The Labute approximate surface area is 135 Å². The van der Waals surface area contributed by atoms with Crippen LogP contribution < -0.4 is 0 Å². The Bertz CT molecular complexity index is 574. The molecule has 2 aliphatic rings. The number of thiazole rings is 1. The van der Waals surface area contributed by atoms with Crippen molar-refractivity contribution in [2.75, 3.05) is 13.7 Å². The Balaban J connectivity index is 1.76. The lowest BCUT2D eigenvalue weighted by Crippen LogP contribution is -2.53. The van der Waals surface area contributed by atoms with E-state index in [-0.39, 0.29) is 23.7 Å². The molecule has 1 aromatic rings. The Morgan fingerprint density at radius 3 is 2.91 bits per heavy atom. The van der Waals surface area contributed by atoms with Crippen molar-refractivity contribution in [2.45, 2.75) is 63.7 Å². The molecular formula is C16H24N2O3S. The third kappa shape index (κ3) is 2.68. The predicted octanol–water partition coefficient (Wildman–Crippen LogP) is 1.83. The average Bonchev–Trinajstić information content (AvgIpc) is 2.99. The fraction of sp³-hybridized carbons (Fsp3) is 0.750. The Morgan fingerprint density at radius 2 is 2.27 bits per heavy atom. The summed E-state index contributed by atoms with van der Waals surface area (Å²) in [6, 6.07) is 0.00285. The third-order valence-corrected chi connectivity index (χ3v) is 6.27. The summed E-state index contributed by atoms with van der Waals surface area (Å²) in [5.41, 5.74) is 0.699. The molecule has 1 N–H and O–H groups in total. The molecule has 1 saturated carbocycles. The fourth-order valence-corrected chi connectivity index (χ4v) is 4.88. The Morgan fingerprint density at radius 1 is 1.50 bits per heavy atom. The SMILES string of the molecule is CO[C@@]12CC[C@H](O)C[C@@H]1N(C(=O)Cc1sc(C)nc1C)CC2. The normalized spacial score (nSPS) is 31.4. The lowest BCUT2D eigenvalue weighted by molar-refractivity contribution is -0.139. The van der Waals surface area contributed by atoms with Crippen LogP contribution in [0.5, 0.6) is 0 Å². The highest BCUT2D eigenvalue weighted by Crippen LogP contribution is 2.42. The van der Waals surface area contributed by atoms with Gasteiger partial charge in [-0.1, -0.05) is 0 Å². The van der Waals surface area contributed by atoms with Crippen LogP contribution in [0.3, 0.4) is 0 Å². The lowest BCUT2D eigenvalue weighted by Gasteiger charge is -2.42. The highest BCUT2D eigenvalue weighted by Gasteiger charge is 2.52. The van der Waals surface area contributed by atoms with Crippen LogP contribution >= 0.6 is 11.3 Å². The van der Waals surface area contributed by atoms with Gasteiger partial charge in [0.05, 0.1) is 34.9 Å². The standard InChI is InChI=1S/C16H24N2O3S/c1-10-13(22-11(2)17-10)9-15(20)18-7-6-16(21-3)5-4-12(19)8-14(16)18/h12,14,19H,4-9H2,1-3H3/t12-,14-,16+/m0/s1. The summed E-state index contributed by atoms with van der Waals surface area (Å²) < 4.78 is 5.79.